The number of carbonyl (C=O) groups is 3. The zero-order valence-corrected chi connectivity index (χ0v) is 21.8. The van der Waals surface area contributed by atoms with Gasteiger partial charge in [-0.25, -0.2) is 9.59 Å². The van der Waals surface area contributed by atoms with E-state index >= 15 is 0 Å². The SMILES string of the molecule is CCOC(=O)c1sc(NC(=O)CSc2nnc(C3CC3)n2CC2CCCO2)c(C(=O)OCC)c1C. The highest BCUT2D eigenvalue weighted by Gasteiger charge is 2.32. The number of nitrogens with one attached hydrogen (secondary N) is 1. The Kier molecular flexibility index (Phi) is 8.45. The second kappa shape index (κ2) is 11.5. The van der Waals surface area contributed by atoms with Crippen molar-refractivity contribution < 1.29 is 28.6 Å². The number of carbonyl (C=O) groups excluding carboxylic acids is 3. The van der Waals surface area contributed by atoms with Gasteiger partial charge in [0.05, 0.1) is 37.2 Å². The maximum Gasteiger partial charge on any atom is 0.348 e. The highest BCUT2D eigenvalue weighted by molar-refractivity contribution is 7.99. The van der Waals surface area contributed by atoms with Gasteiger partial charge < -0.3 is 24.1 Å². The van der Waals surface area contributed by atoms with Gasteiger partial charge in [-0.3, -0.25) is 4.79 Å². The van der Waals surface area contributed by atoms with Crippen LogP contribution in [-0.4, -0.2) is 64.3 Å². The molecule has 1 saturated carbocycles. The lowest BCUT2D eigenvalue weighted by Gasteiger charge is -2.14. The molecule has 1 aliphatic heterocycles. The molecule has 35 heavy (non-hydrogen) atoms. The Hall–Kier alpha value is -2.44. The first-order valence-corrected chi connectivity index (χ1v) is 13.7. The fourth-order valence-corrected chi connectivity index (χ4v) is 5.81. The van der Waals surface area contributed by atoms with Crippen LogP contribution >= 0.6 is 23.1 Å². The molecule has 2 aromatic rings. The lowest BCUT2D eigenvalue weighted by Crippen LogP contribution is -2.19. The van der Waals surface area contributed by atoms with E-state index in [-0.39, 0.29) is 46.4 Å². The maximum absolute atomic E-state index is 12.9. The molecular weight excluding hydrogens is 492 g/mol. The zero-order valence-electron chi connectivity index (χ0n) is 20.1. The average Bonchev–Trinajstić information content (AvgIpc) is 3.23. The number of aromatic nitrogens is 3. The molecule has 0 bridgehead atoms. The molecule has 1 N–H and O–H groups in total. The second-order valence-corrected chi connectivity index (χ2v) is 10.4. The Labute approximate surface area is 212 Å². The number of rotatable bonds is 11. The van der Waals surface area contributed by atoms with E-state index in [0.717, 1.165) is 49.5 Å². The van der Waals surface area contributed by atoms with Crippen molar-refractivity contribution in [3.63, 3.8) is 0 Å². The van der Waals surface area contributed by atoms with Crippen molar-refractivity contribution in [1.29, 1.82) is 0 Å². The number of amides is 1. The lowest BCUT2D eigenvalue weighted by atomic mass is 10.1. The molecular formula is C23H30N4O6S2. The predicted molar refractivity (Wildman–Crippen MR) is 131 cm³/mol. The Bertz CT molecular complexity index is 1090. The highest BCUT2D eigenvalue weighted by atomic mass is 32.2. The fraction of sp³-hybridized carbons (Fsp3) is 0.609. The summed E-state index contributed by atoms with van der Waals surface area (Å²) < 4.78 is 18.1. The van der Waals surface area contributed by atoms with Crippen LogP contribution in [0, 0.1) is 6.92 Å². The summed E-state index contributed by atoms with van der Waals surface area (Å²) in [7, 11) is 0. The third-order valence-electron chi connectivity index (χ3n) is 5.77. The highest BCUT2D eigenvalue weighted by Crippen LogP contribution is 2.40. The summed E-state index contributed by atoms with van der Waals surface area (Å²) in [6, 6.07) is 0. The minimum absolute atomic E-state index is 0.0717. The van der Waals surface area contributed by atoms with Gasteiger partial charge >= 0.3 is 11.9 Å². The number of hydrogen-bond acceptors (Lipinski definition) is 10. The topological polar surface area (TPSA) is 122 Å². The van der Waals surface area contributed by atoms with Gasteiger partial charge in [0.2, 0.25) is 5.91 Å². The third-order valence-corrected chi connectivity index (χ3v) is 7.92. The largest absolute Gasteiger partial charge is 0.462 e. The van der Waals surface area contributed by atoms with Crippen LogP contribution in [0.3, 0.4) is 0 Å². The quantitative estimate of drug-likeness (QED) is 0.347. The number of hydrogen-bond donors (Lipinski definition) is 1. The van der Waals surface area contributed by atoms with Crippen LogP contribution in [0.5, 0.6) is 0 Å². The Morgan fingerprint density at radius 3 is 2.54 bits per heavy atom. The molecule has 1 aliphatic carbocycles. The van der Waals surface area contributed by atoms with Crippen molar-refractivity contribution in [3.05, 3.63) is 21.8 Å². The van der Waals surface area contributed by atoms with Gasteiger partial charge in [-0.15, -0.1) is 21.5 Å². The minimum Gasteiger partial charge on any atom is -0.462 e. The molecule has 190 valence electrons. The Balaban J connectivity index is 1.47. The van der Waals surface area contributed by atoms with Crippen molar-refractivity contribution in [2.75, 3.05) is 30.9 Å². The van der Waals surface area contributed by atoms with Crippen LogP contribution in [-0.2, 0) is 25.5 Å². The van der Waals surface area contributed by atoms with E-state index in [1.165, 1.54) is 11.8 Å². The van der Waals surface area contributed by atoms with Gasteiger partial charge in [-0.05, 0) is 52.0 Å². The number of thioether (sulfide) groups is 1. The third kappa shape index (κ3) is 6.04. The molecule has 10 nitrogen and oxygen atoms in total. The number of esters is 2. The number of thiophene rings is 1. The second-order valence-electron chi connectivity index (χ2n) is 8.40. The summed E-state index contributed by atoms with van der Waals surface area (Å²) in [5.74, 6) is 0.00486. The minimum atomic E-state index is -0.592. The zero-order chi connectivity index (χ0) is 24.9. The summed E-state index contributed by atoms with van der Waals surface area (Å²) >= 11 is 2.31. The molecule has 3 heterocycles. The van der Waals surface area contributed by atoms with E-state index in [1.54, 1.807) is 20.8 Å². The van der Waals surface area contributed by atoms with Crippen LogP contribution in [0.25, 0.3) is 0 Å². The van der Waals surface area contributed by atoms with E-state index in [2.05, 4.69) is 20.1 Å². The molecule has 1 unspecified atom stereocenters. The predicted octanol–water partition coefficient (Wildman–Crippen LogP) is 3.79. The average molecular weight is 523 g/mol. The smallest absolute Gasteiger partial charge is 0.348 e. The molecule has 0 aromatic carbocycles. The fourth-order valence-electron chi connectivity index (χ4n) is 3.95. The molecule has 2 fully saturated rings. The van der Waals surface area contributed by atoms with Crippen molar-refractivity contribution in [3.8, 4) is 0 Å². The first kappa shape index (κ1) is 25.6. The Morgan fingerprint density at radius 2 is 1.89 bits per heavy atom. The molecule has 2 aliphatic rings. The molecule has 12 heteroatoms. The van der Waals surface area contributed by atoms with Gasteiger partial charge in [-0.1, -0.05) is 11.8 Å². The first-order chi connectivity index (χ1) is 16.9. The summed E-state index contributed by atoms with van der Waals surface area (Å²) in [5, 5.41) is 12.5. The summed E-state index contributed by atoms with van der Waals surface area (Å²) in [5.41, 5.74) is 0.607. The van der Waals surface area contributed by atoms with Gasteiger partial charge in [0.15, 0.2) is 5.16 Å². The van der Waals surface area contributed by atoms with Crippen LogP contribution in [0.2, 0.25) is 0 Å². The molecule has 2 aromatic heterocycles. The van der Waals surface area contributed by atoms with Crippen LogP contribution in [0.1, 0.15) is 76.9 Å². The van der Waals surface area contributed by atoms with Crippen LogP contribution < -0.4 is 5.32 Å². The summed E-state index contributed by atoms with van der Waals surface area (Å²) in [6.07, 6.45) is 4.40. The van der Waals surface area contributed by atoms with E-state index in [4.69, 9.17) is 14.2 Å². The lowest BCUT2D eigenvalue weighted by molar-refractivity contribution is -0.113. The number of ether oxygens (including phenoxy) is 3. The standard InChI is InChI=1S/C23H30N4O6S2/c1-4-31-21(29)17-13(3)18(22(30)32-5-2)35-20(17)24-16(28)12-34-23-26-25-19(14-8-9-14)27(23)11-15-7-6-10-33-15/h14-15H,4-12H2,1-3H3,(H,24,28). The van der Waals surface area contributed by atoms with Crippen molar-refractivity contribution in [1.82, 2.24) is 14.8 Å². The van der Waals surface area contributed by atoms with Gasteiger partial charge in [0.25, 0.3) is 0 Å². The van der Waals surface area contributed by atoms with Gasteiger partial charge in [0.1, 0.15) is 15.7 Å². The molecule has 4 rings (SSSR count). The maximum atomic E-state index is 12.9. The van der Waals surface area contributed by atoms with E-state index in [1.807, 2.05) is 0 Å². The summed E-state index contributed by atoms with van der Waals surface area (Å²) in [6.45, 7) is 6.89. The molecule has 1 amide bonds. The van der Waals surface area contributed by atoms with Crippen LogP contribution in [0.15, 0.2) is 5.16 Å². The van der Waals surface area contributed by atoms with Gasteiger partial charge in [0, 0.05) is 12.5 Å². The molecule has 1 atom stereocenters. The van der Waals surface area contributed by atoms with Crippen LogP contribution in [0.4, 0.5) is 5.00 Å². The van der Waals surface area contributed by atoms with E-state index < -0.39 is 11.9 Å². The monoisotopic (exact) mass is 522 g/mol. The summed E-state index contributed by atoms with van der Waals surface area (Å²) in [4.78, 5) is 38.0. The van der Waals surface area contributed by atoms with Gasteiger partial charge in [-0.2, -0.15) is 0 Å². The molecule has 1 saturated heterocycles. The Morgan fingerprint density at radius 1 is 1.14 bits per heavy atom. The first-order valence-electron chi connectivity index (χ1n) is 11.9. The van der Waals surface area contributed by atoms with E-state index in [0.29, 0.717) is 23.2 Å². The number of nitrogens with zero attached hydrogens (tertiary/aromatic N) is 3. The molecule has 0 radical (unpaired) electrons. The van der Waals surface area contributed by atoms with Crippen molar-refractivity contribution >= 4 is 45.9 Å². The van der Waals surface area contributed by atoms with Crippen molar-refractivity contribution in [2.24, 2.45) is 0 Å². The van der Waals surface area contributed by atoms with Crippen molar-refractivity contribution in [2.45, 2.75) is 70.2 Å². The van der Waals surface area contributed by atoms with E-state index in [9.17, 15) is 14.4 Å². The number of anilines is 1. The molecule has 0 spiro atoms. The normalized spacial score (nSPS) is 17.4.